The molecule has 1 unspecified atom stereocenters. The second-order valence-corrected chi connectivity index (χ2v) is 6.92. The molecule has 2 aromatic carbocycles. The topological polar surface area (TPSA) is 63.2 Å². The zero-order chi connectivity index (χ0) is 19.8. The van der Waals surface area contributed by atoms with E-state index in [2.05, 4.69) is 0 Å². The minimum Gasteiger partial charge on any atom is -1.00 e. The van der Waals surface area contributed by atoms with Crippen molar-refractivity contribution >= 4 is 19.4 Å². The Kier molecular flexibility index (Phi) is 10.4. The molecule has 0 aromatic heterocycles. The molecule has 0 aliphatic rings. The maximum atomic E-state index is 13.0. The Morgan fingerprint density at radius 3 is 2.07 bits per heavy atom. The van der Waals surface area contributed by atoms with Gasteiger partial charge in [-0.1, -0.05) is 6.07 Å². The molecule has 0 fully saturated rings. The first kappa shape index (κ1) is 24.3. The van der Waals surface area contributed by atoms with Crippen LogP contribution in [0, 0.1) is 6.92 Å². The number of hydrogen-bond donors (Lipinski definition) is 0. The molecule has 0 amide bonds. The molecule has 0 aliphatic carbocycles. The fourth-order valence-electron chi connectivity index (χ4n) is 2.52. The predicted octanol–water partition coefficient (Wildman–Crippen LogP) is 0.307. The number of rotatable bonds is 10. The number of benzene rings is 2. The third-order valence-electron chi connectivity index (χ3n) is 3.94. The van der Waals surface area contributed by atoms with Gasteiger partial charge in [-0.2, -0.15) is 0 Å². The largest absolute Gasteiger partial charge is 1.00 e. The number of carbonyl (C=O) groups excluding carboxylic acids is 1. The van der Waals surface area contributed by atoms with Crippen LogP contribution in [-0.4, -0.2) is 47.2 Å². The van der Waals surface area contributed by atoms with Crippen molar-refractivity contribution in [2.45, 2.75) is 6.92 Å². The van der Waals surface area contributed by atoms with Gasteiger partial charge in [-0.3, -0.25) is 4.79 Å². The fourth-order valence-corrected chi connectivity index (χ4v) is 3.58. The zero-order valence-corrected chi connectivity index (χ0v) is 18.3. The summed E-state index contributed by atoms with van der Waals surface area (Å²) in [6.07, 6.45) is 0. The van der Waals surface area contributed by atoms with Crippen LogP contribution in [0.2, 0.25) is 0 Å². The molecule has 0 saturated carbocycles. The summed E-state index contributed by atoms with van der Waals surface area (Å²) in [5, 5.41) is 0.944. The summed E-state index contributed by atoms with van der Waals surface area (Å²) >= 11 is 0. The third kappa shape index (κ3) is 6.15. The van der Waals surface area contributed by atoms with Crippen LogP contribution in [0.15, 0.2) is 30.3 Å². The van der Waals surface area contributed by atoms with Crippen LogP contribution < -0.4 is 43.1 Å². The van der Waals surface area contributed by atoms with E-state index in [9.17, 15) is 4.79 Å². The SMILES string of the molecule is COCCOc1ccc(PC(=O)c2c(OC)cc(OC)cc2OC)c(C)c1.[H-].[Li+]. The van der Waals surface area contributed by atoms with Gasteiger partial charge in [0.2, 0.25) is 0 Å². The first-order valence-electron chi connectivity index (χ1n) is 8.37. The van der Waals surface area contributed by atoms with Crippen molar-refractivity contribution in [2.24, 2.45) is 0 Å². The van der Waals surface area contributed by atoms with E-state index in [0.717, 1.165) is 16.6 Å². The molecule has 0 heterocycles. The molecule has 0 radical (unpaired) electrons. The number of carbonyl (C=O) groups is 1. The summed E-state index contributed by atoms with van der Waals surface area (Å²) in [7, 11) is 6.15. The molecule has 2 aromatic rings. The van der Waals surface area contributed by atoms with Gasteiger partial charge in [0.15, 0.2) is 5.52 Å². The summed E-state index contributed by atoms with van der Waals surface area (Å²) in [6, 6.07) is 9.06. The average Bonchev–Trinajstić information content (AvgIpc) is 2.68. The molecule has 6 nitrogen and oxygen atoms in total. The van der Waals surface area contributed by atoms with Gasteiger partial charge in [-0.15, -0.1) is 0 Å². The second kappa shape index (κ2) is 12.0. The Hall–Kier alpha value is -1.70. The van der Waals surface area contributed by atoms with Crippen LogP contribution in [0.5, 0.6) is 23.0 Å². The maximum absolute atomic E-state index is 13.0. The summed E-state index contributed by atoms with van der Waals surface area (Å²) < 4.78 is 26.6. The number of aryl methyl sites for hydroxylation is 1. The molecule has 8 heteroatoms. The van der Waals surface area contributed by atoms with Gasteiger partial charge in [-0.25, -0.2) is 0 Å². The Morgan fingerprint density at radius 1 is 0.929 bits per heavy atom. The first-order chi connectivity index (χ1) is 13.0. The number of hydrogen-bond acceptors (Lipinski definition) is 6. The van der Waals surface area contributed by atoms with E-state index in [1.54, 1.807) is 26.4 Å². The van der Waals surface area contributed by atoms with Gasteiger partial charge in [0, 0.05) is 19.2 Å². The van der Waals surface area contributed by atoms with E-state index in [-0.39, 0.29) is 34.4 Å². The summed E-state index contributed by atoms with van der Waals surface area (Å²) in [4.78, 5) is 13.0. The van der Waals surface area contributed by atoms with Crippen molar-refractivity contribution in [3.05, 3.63) is 41.5 Å². The molecule has 28 heavy (non-hydrogen) atoms. The monoisotopic (exact) mass is 400 g/mol. The van der Waals surface area contributed by atoms with Gasteiger partial charge in [0.25, 0.3) is 0 Å². The van der Waals surface area contributed by atoms with E-state index in [4.69, 9.17) is 23.7 Å². The second-order valence-electron chi connectivity index (χ2n) is 5.68. The van der Waals surface area contributed by atoms with Gasteiger partial charge in [0.05, 0.1) is 27.9 Å². The molecule has 148 valence electrons. The maximum Gasteiger partial charge on any atom is 1.00 e. The van der Waals surface area contributed by atoms with Crippen LogP contribution in [0.4, 0.5) is 0 Å². The van der Waals surface area contributed by atoms with Gasteiger partial charge < -0.3 is 25.1 Å². The average molecular weight is 400 g/mol. The van der Waals surface area contributed by atoms with Crippen LogP contribution in [0.25, 0.3) is 0 Å². The molecule has 0 aliphatic heterocycles. The van der Waals surface area contributed by atoms with Crippen LogP contribution >= 0.6 is 8.58 Å². The molecule has 0 bridgehead atoms. The van der Waals surface area contributed by atoms with Crippen molar-refractivity contribution < 1.29 is 48.8 Å². The van der Waals surface area contributed by atoms with Crippen LogP contribution in [0.3, 0.4) is 0 Å². The predicted molar refractivity (Wildman–Crippen MR) is 108 cm³/mol. The van der Waals surface area contributed by atoms with Gasteiger partial charge in [0.1, 0.15) is 35.2 Å². The number of ether oxygens (including phenoxy) is 5. The Bertz CT molecular complexity index is 778. The molecular weight excluding hydrogens is 374 g/mol. The zero-order valence-electron chi connectivity index (χ0n) is 18.3. The standard InChI is InChI=1S/C20H25O6P.Li.H/c1-13-10-14(26-9-8-22-2)6-7-18(13)27-20(21)19-16(24-4)11-15(23-3)12-17(19)25-5;;/h6-7,10-12,27H,8-9H2,1-5H3;;/q;+1;-1. The molecule has 1 atom stereocenters. The van der Waals surface area contributed by atoms with E-state index < -0.39 is 0 Å². The van der Waals surface area contributed by atoms with E-state index in [1.807, 2.05) is 25.1 Å². The van der Waals surface area contributed by atoms with Crippen LogP contribution in [0.1, 0.15) is 17.3 Å². The summed E-state index contributed by atoms with van der Waals surface area (Å²) in [5.74, 6) is 2.18. The smallest absolute Gasteiger partial charge is 1.00 e. The van der Waals surface area contributed by atoms with Crippen molar-refractivity contribution in [3.63, 3.8) is 0 Å². The molecular formula is C20H26LiO6P. The van der Waals surface area contributed by atoms with Crippen molar-refractivity contribution in [2.75, 3.05) is 41.7 Å². The third-order valence-corrected chi connectivity index (χ3v) is 5.25. The Morgan fingerprint density at radius 2 is 1.57 bits per heavy atom. The van der Waals surface area contributed by atoms with Crippen molar-refractivity contribution in [1.29, 1.82) is 0 Å². The fraction of sp³-hybridized carbons (Fsp3) is 0.350. The van der Waals surface area contributed by atoms with Crippen molar-refractivity contribution in [1.82, 2.24) is 0 Å². The summed E-state index contributed by atoms with van der Waals surface area (Å²) in [6.45, 7) is 2.97. The van der Waals surface area contributed by atoms with Gasteiger partial charge in [-0.05, 0) is 38.5 Å². The number of methoxy groups -OCH3 is 4. The Labute approximate surface area is 181 Å². The Balaban J connectivity index is 0.00000392. The minimum absolute atomic E-state index is 0. The molecule has 2 rings (SSSR count). The van der Waals surface area contributed by atoms with E-state index >= 15 is 0 Å². The normalized spacial score (nSPS) is 10.5. The minimum atomic E-state index is -0.0704. The molecule has 0 spiro atoms. The quantitative estimate of drug-likeness (QED) is 0.325. The van der Waals surface area contributed by atoms with E-state index in [1.165, 1.54) is 14.2 Å². The van der Waals surface area contributed by atoms with Gasteiger partial charge >= 0.3 is 18.9 Å². The molecule has 0 saturated heterocycles. The van der Waals surface area contributed by atoms with E-state index in [0.29, 0.717) is 36.0 Å². The first-order valence-corrected chi connectivity index (χ1v) is 9.37. The van der Waals surface area contributed by atoms with Crippen LogP contribution in [-0.2, 0) is 4.74 Å². The van der Waals surface area contributed by atoms with Crippen molar-refractivity contribution in [3.8, 4) is 23.0 Å². The summed E-state index contributed by atoms with van der Waals surface area (Å²) in [5.41, 5.74) is 1.34. The molecule has 0 N–H and O–H groups in total.